The highest BCUT2D eigenvalue weighted by molar-refractivity contribution is 4.80. The molecular weight excluding hydrogens is 222 g/mol. The Morgan fingerprint density at radius 1 is 1.28 bits per heavy atom. The van der Waals surface area contributed by atoms with Crippen LogP contribution in [0.2, 0.25) is 0 Å². The van der Waals surface area contributed by atoms with E-state index < -0.39 is 0 Å². The number of nitrogens with one attached hydrogen (secondary N) is 1. The van der Waals surface area contributed by atoms with Gasteiger partial charge in [-0.25, -0.2) is 0 Å². The molecule has 1 aliphatic heterocycles. The lowest BCUT2D eigenvalue weighted by atomic mass is 10.1. The Hall–Kier alpha value is -0.120. The van der Waals surface area contributed by atoms with Crippen molar-refractivity contribution >= 4 is 0 Å². The van der Waals surface area contributed by atoms with Gasteiger partial charge in [-0.1, -0.05) is 12.8 Å². The van der Waals surface area contributed by atoms with Gasteiger partial charge in [0.2, 0.25) is 0 Å². The highest BCUT2D eigenvalue weighted by Crippen LogP contribution is 2.18. The van der Waals surface area contributed by atoms with Gasteiger partial charge in [-0.2, -0.15) is 0 Å². The number of likely N-dealkylation sites (tertiary alicyclic amines) is 1. The van der Waals surface area contributed by atoms with Gasteiger partial charge in [0.05, 0.1) is 0 Å². The molecule has 0 aromatic rings. The number of rotatable bonds is 6. The fraction of sp³-hybridized carbons (Fsp3) is 1.00. The van der Waals surface area contributed by atoms with Gasteiger partial charge in [0.1, 0.15) is 0 Å². The Morgan fingerprint density at radius 2 is 2.00 bits per heavy atom. The molecule has 0 amide bonds. The second kappa shape index (κ2) is 6.88. The minimum Gasteiger partial charge on any atom is -0.312 e. The van der Waals surface area contributed by atoms with Crippen molar-refractivity contribution in [3.63, 3.8) is 0 Å². The van der Waals surface area contributed by atoms with Gasteiger partial charge in [0.15, 0.2) is 0 Å². The summed E-state index contributed by atoms with van der Waals surface area (Å²) in [6.45, 7) is 7.35. The fourth-order valence-corrected chi connectivity index (χ4v) is 3.39. The van der Waals surface area contributed by atoms with Crippen molar-refractivity contribution in [2.45, 2.75) is 51.1 Å². The van der Waals surface area contributed by atoms with E-state index in [2.05, 4.69) is 36.1 Å². The normalized spacial score (nSPS) is 28.3. The molecule has 2 rings (SSSR count). The van der Waals surface area contributed by atoms with Gasteiger partial charge in [0.25, 0.3) is 0 Å². The number of likely N-dealkylation sites (N-methyl/N-ethyl adjacent to an activating group) is 1. The van der Waals surface area contributed by atoms with Crippen molar-refractivity contribution in [1.82, 2.24) is 15.1 Å². The molecule has 2 atom stereocenters. The Morgan fingerprint density at radius 3 is 2.61 bits per heavy atom. The predicted molar refractivity (Wildman–Crippen MR) is 78.0 cm³/mol. The van der Waals surface area contributed by atoms with Crippen LogP contribution in [0.3, 0.4) is 0 Å². The minimum absolute atomic E-state index is 0.663. The van der Waals surface area contributed by atoms with Crippen molar-refractivity contribution in [1.29, 1.82) is 0 Å². The van der Waals surface area contributed by atoms with E-state index in [4.69, 9.17) is 0 Å². The van der Waals surface area contributed by atoms with E-state index in [9.17, 15) is 0 Å². The fourth-order valence-electron chi connectivity index (χ4n) is 3.39. The number of hydrogen-bond donors (Lipinski definition) is 1. The molecule has 2 aliphatic rings. The van der Waals surface area contributed by atoms with Gasteiger partial charge < -0.3 is 15.1 Å². The molecule has 0 radical (unpaired) electrons. The summed E-state index contributed by atoms with van der Waals surface area (Å²) in [6.07, 6.45) is 7.02. The first-order valence-corrected chi connectivity index (χ1v) is 7.77. The molecule has 106 valence electrons. The number of nitrogens with zero attached hydrogens (tertiary/aromatic N) is 2. The van der Waals surface area contributed by atoms with E-state index >= 15 is 0 Å². The average molecular weight is 253 g/mol. The zero-order valence-corrected chi connectivity index (χ0v) is 12.5. The topological polar surface area (TPSA) is 18.5 Å². The molecular formula is C15H31N3. The quantitative estimate of drug-likeness (QED) is 0.778. The Balaban J connectivity index is 1.62. The first kappa shape index (κ1) is 14.3. The van der Waals surface area contributed by atoms with E-state index in [1.54, 1.807) is 0 Å². The first-order chi connectivity index (χ1) is 8.65. The lowest BCUT2D eigenvalue weighted by Gasteiger charge is -2.28. The van der Waals surface area contributed by atoms with Crippen LogP contribution in [0.4, 0.5) is 0 Å². The Kier molecular flexibility index (Phi) is 5.46. The minimum atomic E-state index is 0.663. The Labute approximate surface area is 113 Å². The van der Waals surface area contributed by atoms with E-state index in [-0.39, 0.29) is 0 Å². The van der Waals surface area contributed by atoms with Crippen LogP contribution in [0.5, 0.6) is 0 Å². The van der Waals surface area contributed by atoms with Gasteiger partial charge in [-0.3, -0.25) is 0 Å². The lowest BCUT2D eigenvalue weighted by molar-refractivity contribution is 0.210. The highest BCUT2D eigenvalue weighted by Gasteiger charge is 2.23. The van der Waals surface area contributed by atoms with Crippen molar-refractivity contribution in [3.05, 3.63) is 0 Å². The van der Waals surface area contributed by atoms with Gasteiger partial charge in [0, 0.05) is 31.7 Å². The molecule has 3 heteroatoms. The standard InChI is InChI=1S/C15H31N3/c1-13(10-16-15-6-4-5-7-15)18(3)12-14-8-9-17(2)11-14/h13-16H,4-12H2,1-3H3. The molecule has 1 heterocycles. The summed E-state index contributed by atoms with van der Waals surface area (Å²) in [5.74, 6) is 0.883. The summed E-state index contributed by atoms with van der Waals surface area (Å²) in [5.41, 5.74) is 0. The molecule has 3 nitrogen and oxygen atoms in total. The smallest absolute Gasteiger partial charge is 0.0189 e. The molecule has 1 aliphatic carbocycles. The number of hydrogen-bond acceptors (Lipinski definition) is 3. The maximum Gasteiger partial charge on any atom is 0.0189 e. The van der Waals surface area contributed by atoms with E-state index in [1.807, 2.05) is 0 Å². The zero-order chi connectivity index (χ0) is 13.0. The molecule has 0 bridgehead atoms. The maximum absolute atomic E-state index is 3.74. The summed E-state index contributed by atoms with van der Waals surface area (Å²) in [4.78, 5) is 5.01. The van der Waals surface area contributed by atoms with Crippen LogP contribution in [0.1, 0.15) is 39.0 Å². The Bertz CT molecular complexity index is 238. The van der Waals surface area contributed by atoms with Crippen LogP contribution in [-0.2, 0) is 0 Å². The van der Waals surface area contributed by atoms with Gasteiger partial charge in [-0.15, -0.1) is 0 Å². The summed E-state index contributed by atoms with van der Waals surface area (Å²) in [7, 11) is 4.53. The molecule has 0 aromatic heterocycles. The van der Waals surface area contributed by atoms with Crippen molar-refractivity contribution in [3.8, 4) is 0 Å². The molecule has 2 unspecified atom stereocenters. The third kappa shape index (κ3) is 4.22. The third-order valence-electron chi connectivity index (χ3n) is 4.84. The summed E-state index contributed by atoms with van der Waals surface area (Å²) in [6, 6.07) is 1.47. The third-order valence-corrected chi connectivity index (χ3v) is 4.84. The molecule has 1 N–H and O–H groups in total. The molecule has 1 saturated carbocycles. The average Bonchev–Trinajstić information content (AvgIpc) is 2.97. The van der Waals surface area contributed by atoms with E-state index in [0.717, 1.165) is 18.5 Å². The summed E-state index contributed by atoms with van der Waals surface area (Å²) >= 11 is 0. The lowest BCUT2D eigenvalue weighted by Crippen LogP contribution is -2.43. The first-order valence-electron chi connectivity index (χ1n) is 7.77. The van der Waals surface area contributed by atoms with Crippen molar-refractivity contribution in [2.24, 2.45) is 5.92 Å². The molecule has 1 saturated heterocycles. The second-order valence-corrected chi connectivity index (χ2v) is 6.60. The van der Waals surface area contributed by atoms with Crippen molar-refractivity contribution in [2.75, 3.05) is 40.3 Å². The van der Waals surface area contributed by atoms with Crippen LogP contribution >= 0.6 is 0 Å². The van der Waals surface area contributed by atoms with Crippen LogP contribution in [0.25, 0.3) is 0 Å². The molecule has 0 spiro atoms. The predicted octanol–water partition coefficient (Wildman–Crippen LogP) is 1.79. The SMILES string of the molecule is CC(CNC1CCCC1)N(C)CC1CCN(C)C1. The molecule has 18 heavy (non-hydrogen) atoms. The summed E-state index contributed by atoms with van der Waals surface area (Å²) < 4.78 is 0. The maximum atomic E-state index is 3.74. The summed E-state index contributed by atoms with van der Waals surface area (Å²) in [5, 5.41) is 3.74. The largest absolute Gasteiger partial charge is 0.312 e. The zero-order valence-electron chi connectivity index (χ0n) is 12.5. The molecule has 2 fully saturated rings. The second-order valence-electron chi connectivity index (χ2n) is 6.60. The van der Waals surface area contributed by atoms with E-state index in [0.29, 0.717) is 6.04 Å². The van der Waals surface area contributed by atoms with Crippen LogP contribution in [0.15, 0.2) is 0 Å². The highest BCUT2D eigenvalue weighted by atomic mass is 15.2. The van der Waals surface area contributed by atoms with Crippen molar-refractivity contribution < 1.29 is 0 Å². The van der Waals surface area contributed by atoms with Crippen LogP contribution in [-0.4, -0.2) is 62.2 Å². The van der Waals surface area contributed by atoms with Crippen LogP contribution < -0.4 is 5.32 Å². The van der Waals surface area contributed by atoms with Gasteiger partial charge in [-0.05, 0) is 52.7 Å². The van der Waals surface area contributed by atoms with Crippen LogP contribution in [0, 0.1) is 5.92 Å². The van der Waals surface area contributed by atoms with E-state index in [1.165, 1.54) is 51.7 Å². The van der Waals surface area contributed by atoms with Gasteiger partial charge >= 0.3 is 0 Å². The molecule has 0 aromatic carbocycles. The monoisotopic (exact) mass is 253 g/mol.